The largest absolute Gasteiger partial charge is 0.359 e. The van der Waals surface area contributed by atoms with Crippen molar-refractivity contribution in [3.05, 3.63) is 65.4 Å². The van der Waals surface area contributed by atoms with Crippen molar-refractivity contribution < 1.29 is 14.1 Å². The van der Waals surface area contributed by atoms with Crippen molar-refractivity contribution in [3.8, 4) is 10.4 Å². The van der Waals surface area contributed by atoms with Crippen LogP contribution < -0.4 is 5.32 Å². The summed E-state index contributed by atoms with van der Waals surface area (Å²) in [4.78, 5) is 28.3. The molecule has 0 radical (unpaired) electrons. The van der Waals surface area contributed by atoms with Gasteiger partial charge in [-0.05, 0) is 35.4 Å². The third-order valence-corrected chi connectivity index (χ3v) is 6.22. The number of benzene rings is 1. The lowest BCUT2D eigenvalue weighted by molar-refractivity contribution is -0.129. The fourth-order valence-corrected chi connectivity index (χ4v) is 4.56. The second-order valence-corrected chi connectivity index (χ2v) is 8.01. The van der Waals surface area contributed by atoms with Gasteiger partial charge < -0.3 is 14.7 Å². The molecule has 4 rings (SSSR count). The van der Waals surface area contributed by atoms with E-state index in [0.29, 0.717) is 25.9 Å². The van der Waals surface area contributed by atoms with Gasteiger partial charge in [0.25, 0.3) is 5.91 Å². The Morgan fingerprint density at radius 3 is 2.71 bits per heavy atom. The molecule has 0 spiro atoms. The number of likely N-dealkylation sites (tertiary alicyclic amines) is 1. The first-order chi connectivity index (χ1) is 13.6. The van der Waals surface area contributed by atoms with Gasteiger partial charge in [-0.25, -0.2) is 0 Å². The van der Waals surface area contributed by atoms with Gasteiger partial charge in [0.05, 0.1) is 11.6 Å². The fraction of sp³-hybridized carbons (Fsp3) is 0.286. The molecule has 144 valence electrons. The van der Waals surface area contributed by atoms with Crippen LogP contribution in [0.5, 0.6) is 0 Å². The minimum atomic E-state index is -0.644. The monoisotopic (exact) mass is 395 g/mol. The molecular formula is C21H21N3O3S. The molecule has 2 aromatic heterocycles. The molecule has 1 atom stereocenters. The molecule has 1 aliphatic rings. The maximum atomic E-state index is 12.8. The average molecular weight is 395 g/mol. The third kappa shape index (κ3) is 3.45. The van der Waals surface area contributed by atoms with E-state index in [1.807, 2.05) is 6.07 Å². The van der Waals surface area contributed by atoms with Gasteiger partial charge in [0, 0.05) is 31.1 Å². The number of thiophene rings is 1. The van der Waals surface area contributed by atoms with Crippen molar-refractivity contribution >= 4 is 23.2 Å². The van der Waals surface area contributed by atoms with Crippen LogP contribution in [0.15, 0.2) is 58.6 Å². The summed E-state index contributed by atoms with van der Waals surface area (Å²) in [6, 6.07) is 14.0. The molecule has 0 aliphatic carbocycles. The Morgan fingerprint density at radius 1 is 1.25 bits per heavy atom. The molecule has 7 heteroatoms. The number of hydrogen-bond acceptors (Lipinski definition) is 5. The second kappa shape index (κ2) is 7.59. The topological polar surface area (TPSA) is 75.4 Å². The van der Waals surface area contributed by atoms with E-state index in [2.05, 4.69) is 46.2 Å². The number of rotatable bonds is 5. The van der Waals surface area contributed by atoms with E-state index in [1.165, 1.54) is 16.6 Å². The van der Waals surface area contributed by atoms with E-state index in [-0.39, 0.29) is 17.6 Å². The van der Waals surface area contributed by atoms with Gasteiger partial charge in [0.2, 0.25) is 11.7 Å². The zero-order valence-corrected chi connectivity index (χ0v) is 16.4. The molecule has 1 saturated heterocycles. The molecule has 1 fully saturated rings. The zero-order valence-electron chi connectivity index (χ0n) is 15.6. The first-order valence-corrected chi connectivity index (χ1v) is 10.0. The lowest BCUT2D eigenvalue weighted by atomic mass is 9.79. The highest BCUT2D eigenvalue weighted by Crippen LogP contribution is 2.36. The summed E-state index contributed by atoms with van der Waals surface area (Å²) in [5, 5.41) is 8.44. The Morgan fingerprint density at radius 2 is 2.07 bits per heavy atom. The van der Waals surface area contributed by atoms with Crippen LogP contribution in [0, 0.1) is 5.41 Å². The standard InChI is InChI=1S/C21H21N3O3S/c1-22-20(26)21(9-11-24(14-21)19(25)17-8-10-23-27-17)13-15-4-6-16(7-5-15)18-3-2-12-28-18/h2-8,10,12H,9,11,13-14H2,1H3,(H,22,26)/t21-/m1/s1. The van der Waals surface area contributed by atoms with Crippen molar-refractivity contribution in [2.75, 3.05) is 20.1 Å². The highest BCUT2D eigenvalue weighted by atomic mass is 32.1. The number of nitrogens with zero attached hydrogens (tertiary/aromatic N) is 2. The number of nitrogens with one attached hydrogen (secondary N) is 1. The molecule has 0 unspecified atom stereocenters. The highest BCUT2D eigenvalue weighted by Gasteiger charge is 2.46. The van der Waals surface area contributed by atoms with E-state index in [0.717, 1.165) is 5.56 Å². The molecule has 1 aliphatic heterocycles. The minimum Gasteiger partial charge on any atom is -0.359 e. The van der Waals surface area contributed by atoms with Gasteiger partial charge >= 0.3 is 0 Å². The first-order valence-electron chi connectivity index (χ1n) is 9.16. The number of carbonyl (C=O) groups excluding carboxylic acids is 2. The minimum absolute atomic E-state index is 0.0392. The third-order valence-electron chi connectivity index (χ3n) is 5.30. The van der Waals surface area contributed by atoms with Crippen LogP contribution >= 0.6 is 11.3 Å². The van der Waals surface area contributed by atoms with Gasteiger partial charge in [0.15, 0.2) is 0 Å². The van der Waals surface area contributed by atoms with Crippen LogP contribution in [0.2, 0.25) is 0 Å². The summed E-state index contributed by atoms with van der Waals surface area (Å²) in [6.07, 6.45) is 2.64. The lowest BCUT2D eigenvalue weighted by Gasteiger charge is -2.27. The van der Waals surface area contributed by atoms with Gasteiger partial charge in [0.1, 0.15) is 0 Å². The lowest BCUT2D eigenvalue weighted by Crippen LogP contribution is -2.44. The zero-order chi connectivity index (χ0) is 19.6. The maximum absolute atomic E-state index is 12.8. The van der Waals surface area contributed by atoms with Crippen molar-refractivity contribution in [1.82, 2.24) is 15.4 Å². The van der Waals surface area contributed by atoms with Crippen LogP contribution in [0.3, 0.4) is 0 Å². The number of carbonyl (C=O) groups is 2. The van der Waals surface area contributed by atoms with Crippen molar-refractivity contribution in [2.24, 2.45) is 5.41 Å². The Hall–Kier alpha value is -2.93. The molecule has 28 heavy (non-hydrogen) atoms. The summed E-state index contributed by atoms with van der Waals surface area (Å²) in [5.74, 6) is -0.0629. The summed E-state index contributed by atoms with van der Waals surface area (Å²) >= 11 is 1.70. The molecule has 0 bridgehead atoms. The quantitative estimate of drug-likeness (QED) is 0.720. The van der Waals surface area contributed by atoms with Crippen LogP contribution in [0.25, 0.3) is 10.4 Å². The molecular weight excluding hydrogens is 374 g/mol. The van der Waals surface area contributed by atoms with E-state index < -0.39 is 5.41 Å². The second-order valence-electron chi connectivity index (χ2n) is 7.06. The molecule has 2 amide bonds. The van der Waals surface area contributed by atoms with E-state index in [9.17, 15) is 9.59 Å². The van der Waals surface area contributed by atoms with Gasteiger partial charge in [-0.3, -0.25) is 9.59 Å². The van der Waals surface area contributed by atoms with E-state index in [1.54, 1.807) is 29.4 Å². The highest BCUT2D eigenvalue weighted by molar-refractivity contribution is 7.13. The maximum Gasteiger partial charge on any atom is 0.292 e. The average Bonchev–Trinajstić information content (AvgIpc) is 3.49. The molecule has 3 aromatic rings. The Balaban J connectivity index is 1.54. The fourth-order valence-electron chi connectivity index (χ4n) is 3.82. The van der Waals surface area contributed by atoms with Gasteiger partial charge in [-0.1, -0.05) is 35.5 Å². The molecule has 1 N–H and O–H groups in total. The smallest absolute Gasteiger partial charge is 0.292 e. The summed E-state index contributed by atoms with van der Waals surface area (Å²) < 4.78 is 4.99. The van der Waals surface area contributed by atoms with Crippen LogP contribution in [-0.2, 0) is 11.2 Å². The Kier molecular flexibility index (Phi) is 5.00. The molecule has 1 aromatic carbocycles. The Labute approximate surface area is 167 Å². The molecule has 3 heterocycles. The predicted octanol–water partition coefficient (Wildman–Crippen LogP) is 3.22. The predicted molar refractivity (Wildman–Crippen MR) is 107 cm³/mol. The Bertz CT molecular complexity index is 951. The first kappa shape index (κ1) is 18.4. The van der Waals surface area contributed by atoms with Crippen LogP contribution in [-0.4, -0.2) is 42.0 Å². The van der Waals surface area contributed by atoms with Crippen molar-refractivity contribution in [3.63, 3.8) is 0 Å². The summed E-state index contributed by atoms with van der Waals surface area (Å²) in [7, 11) is 1.64. The van der Waals surface area contributed by atoms with E-state index in [4.69, 9.17) is 4.52 Å². The number of amides is 2. The molecule has 0 saturated carbocycles. The molecule has 6 nitrogen and oxygen atoms in total. The summed E-state index contributed by atoms with van der Waals surface area (Å²) in [6.45, 7) is 0.874. The van der Waals surface area contributed by atoms with E-state index >= 15 is 0 Å². The number of hydrogen-bond donors (Lipinski definition) is 1. The van der Waals surface area contributed by atoms with Crippen molar-refractivity contribution in [2.45, 2.75) is 12.8 Å². The van der Waals surface area contributed by atoms with Gasteiger partial charge in [-0.2, -0.15) is 0 Å². The van der Waals surface area contributed by atoms with Gasteiger partial charge in [-0.15, -0.1) is 11.3 Å². The van der Waals surface area contributed by atoms with Crippen LogP contribution in [0.1, 0.15) is 22.5 Å². The van der Waals surface area contributed by atoms with Crippen molar-refractivity contribution in [1.29, 1.82) is 0 Å². The van der Waals surface area contributed by atoms with Crippen LogP contribution in [0.4, 0.5) is 0 Å². The normalized spacial score (nSPS) is 19.0. The summed E-state index contributed by atoms with van der Waals surface area (Å²) in [5.41, 5.74) is 1.61. The number of aromatic nitrogens is 1. The SMILES string of the molecule is CNC(=O)[C@@]1(Cc2ccc(-c3cccs3)cc2)CCN(C(=O)c2ccno2)C1.